The number of ether oxygens (including phenoxy) is 1. The molecule has 0 aromatic rings. The molecule has 114 valence electrons. The molecule has 1 saturated heterocycles. The highest BCUT2D eigenvalue weighted by molar-refractivity contribution is 5.95. The fourth-order valence-electron chi connectivity index (χ4n) is 2.07. The summed E-state index contributed by atoms with van der Waals surface area (Å²) >= 11 is 0. The van der Waals surface area contributed by atoms with E-state index in [2.05, 4.69) is 10.6 Å². The summed E-state index contributed by atoms with van der Waals surface area (Å²) in [5, 5.41) is 4.49. The molecule has 20 heavy (non-hydrogen) atoms. The van der Waals surface area contributed by atoms with Crippen molar-refractivity contribution < 1.29 is 19.1 Å². The highest BCUT2D eigenvalue weighted by atomic mass is 16.6. The van der Waals surface area contributed by atoms with Crippen molar-refractivity contribution in [2.75, 3.05) is 20.1 Å². The molecule has 7 nitrogen and oxygen atoms in total. The average Bonchev–Trinajstić information content (AvgIpc) is 2.74. The zero-order valence-electron chi connectivity index (χ0n) is 12.5. The fraction of sp³-hybridized carbons (Fsp3) is 0.769. The number of nitrogens with zero attached hydrogens (tertiary/aromatic N) is 1. The smallest absolute Gasteiger partial charge is 0.323 e. The third kappa shape index (κ3) is 5.16. The molecular weight excluding hydrogens is 262 g/mol. The minimum Gasteiger partial charge on any atom is -0.459 e. The number of esters is 1. The lowest BCUT2D eigenvalue weighted by Gasteiger charge is -2.26. The standard InChI is InChI=1S/C13H23N3O4/c1-13(2,3)20-11(18)9-6-5-7-16(9)8-10(17)15-12(19)14-4/h9H,5-8H2,1-4H3,(H2,14,15,17,19)/t9-/m1/s1. The van der Waals surface area contributed by atoms with Gasteiger partial charge in [-0.05, 0) is 40.2 Å². The van der Waals surface area contributed by atoms with E-state index in [-0.39, 0.29) is 12.5 Å². The van der Waals surface area contributed by atoms with Gasteiger partial charge in [0.25, 0.3) is 0 Å². The van der Waals surface area contributed by atoms with E-state index < -0.39 is 23.6 Å². The zero-order valence-corrected chi connectivity index (χ0v) is 12.5. The Bertz CT molecular complexity index is 390. The van der Waals surface area contributed by atoms with Crippen LogP contribution in [0.3, 0.4) is 0 Å². The molecule has 1 atom stereocenters. The summed E-state index contributed by atoms with van der Waals surface area (Å²) in [5.74, 6) is -0.748. The largest absolute Gasteiger partial charge is 0.459 e. The number of carbonyl (C=O) groups excluding carboxylic acids is 3. The normalized spacial score (nSPS) is 19.5. The second kappa shape index (κ2) is 6.69. The Kier molecular flexibility index (Phi) is 5.50. The van der Waals surface area contributed by atoms with E-state index in [1.807, 2.05) is 20.8 Å². The summed E-state index contributed by atoms with van der Waals surface area (Å²) in [4.78, 5) is 36.5. The van der Waals surface area contributed by atoms with Crippen LogP contribution in [-0.4, -0.2) is 54.6 Å². The van der Waals surface area contributed by atoms with Crippen LogP contribution in [0.5, 0.6) is 0 Å². The lowest BCUT2D eigenvalue weighted by Crippen LogP contribution is -2.47. The Balaban J connectivity index is 2.55. The van der Waals surface area contributed by atoms with Gasteiger partial charge in [0.15, 0.2) is 0 Å². The van der Waals surface area contributed by atoms with Crippen molar-refractivity contribution >= 4 is 17.9 Å². The Morgan fingerprint density at radius 2 is 1.95 bits per heavy atom. The SMILES string of the molecule is CNC(=O)NC(=O)CN1CCC[C@@H]1C(=O)OC(C)(C)C. The molecule has 1 fully saturated rings. The Hall–Kier alpha value is -1.63. The molecule has 3 amide bonds. The molecule has 1 rings (SSSR count). The molecule has 2 N–H and O–H groups in total. The average molecular weight is 285 g/mol. The van der Waals surface area contributed by atoms with E-state index in [0.29, 0.717) is 13.0 Å². The van der Waals surface area contributed by atoms with Crippen molar-refractivity contribution in [2.45, 2.75) is 45.3 Å². The first-order valence-electron chi connectivity index (χ1n) is 6.71. The van der Waals surface area contributed by atoms with E-state index in [0.717, 1.165) is 6.42 Å². The Labute approximate surface area is 119 Å². The number of rotatable bonds is 3. The number of imide groups is 1. The summed E-state index contributed by atoms with van der Waals surface area (Å²) in [6.45, 7) is 6.08. The number of carbonyl (C=O) groups is 3. The Morgan fingerprint density at radius 3 is 2.50 bits per heavy atom. The number of nitrogens with one attached hydrogen (secondary N) is 2. The van der Waals surface area contributed by atoms with Crippen LogP contribution in [0, 0.1) is 0 Å². The van der Waals surface area contributed by atoms with E-state index in [4.69, 9.17) is 4.74 Å². The van der Waals surface area contributed by atoms with Crippen molar-refractivity contribution in [3.63, 3.8) is 0 Å². The summed E-state index contributed by atoms with van der Waals surface area (Å²) in [7, 11) is 1.43. The van der Waals surface area contributed by atoms with Crippen LogP contribution in [-0.2, 0) is 14.3 Å². The molecule has 1 heterocycles. The molecule has 0 aromatic heterocycles. The van der Waals surface area contributed by atoms with Gasteiger partial charge < -0.3 is 10.1 Å². The first-order valence-corrected chi connectivity index (χ1v) is 6.71. The van der Waals surface area contributed by atoms with Crippen LogP contribution < -0.4 is 10.6 Å². The van der Waals surface area contributed by atoms with Gasteiger partial charge in [-0.3, -0.25) is 19.8 Å². The maximum Gasteiger partial charge on any atom is 0.323 e. The molecule has 0 spiro atoms. The molecule has 0 unspecified atom stereocenters. The summed E-state index contributed by atoms with van der Waals surface area (Å²) in [6.07, 6.45) is 1.50. The van der Waals surface area contributed by atoms with E-state index >= 15 is 0 Å². The monoisotopic (exact) mass is 285 g/mol. The summed E-state index contributed by atoms with van der Waals surface area (Å²) in [6, 6.07) is -0.965. The van der Waals surface area contributed by atoms with Crippen molar-refractivity contribution in [1.82, 2.24) is 15.5 Å². The summed E-state index contributed by atoms with van der Waals surface area (Å²) < 4.78 is 5.34. The molecule has 0 aromatic carbocycles. The molecule has 0 radical (unpaired) electrons. The van der Waals surface area contributed by atoms with Gasteiger partial charge in [-0.15, -0.1) is 0 Å². The van der Waals surface area contributed by atoms with Crippen LogP contribution in [0.25, 0.3) is 0 Å². The molecule has 1 aliphatic rings. The number of hydrogen-bond acceptors (Lipinski definition) is 5. The van der Waals surface area contributed by atoms with E-state index in [1.165, 1.54) is 7.05 Å². The maximum absolute atomic E-state index is 12.1. The first-order chi connectivity index (χ1) is 9.23. The number of urea groups is 1. The van der Waals surface area contributed by atoms with Crippen molar-refractivity contribution in [1.29, 1.82) is 0 Å². The predicted octanol–water partition coefficient (Wildman–Crippen LogP) is 0.248. The Morgan fingerprint density at radius 1 is 1.30 bits per heavy atom. The van der Waals surface area contributed by atoms with Gasteiger partial charge in [-0.25, -0.2) is 4.79 Å². The lowest BCUT2D eigenvalue weighted by atomic mass is 10.1. The van der Waals surface area contributed by atoms with Crippen LogP contribution in [0.15, 0.2) is 0 Å². The molecule has 1 aliphatic heterocycles. The first kappa shape index (κ1) is 16.4. The maximum atomic E-state index is 12.1. The summed E-state index contributed by atoms with van der Waals surface area (Å²) in [5.41, 5.74) is -0.546. The quantitative estimate of drug-likeness (QED) is 0.726. The topological polar surface area (TPSA) is 87.7 Å². The van der Waals surface area contributed by atoms with Crippen LogP contribution in [0.2, 0.25) is 0 Å². The zero-order chi connectivity index (χ0) is 15.3. The number of likely N-dealkylation sites (tertiary alicyclic amines) is 1. The van der Waals surface area contributed by atoms with Crippen molar-refractivity contribution in [3.05, 3.63) is 0 Å². The van der Waals surface area contributed by atoms with Gasteiger partial charge in [0, 0.05) is 7.05 Å². The van der Waals surface area contributed by atoms with Crippen LogP contribution in [0.1, 0.15) is 33.6 Å². The van der Waals surface area contributed by atoms with Gasteiger partial charge >= 0.3 is 12.0 Å². The van der Waals surface area contributed by atoms with Gasteiger partial charge in [0.1, 0.15) is 11.6 Å². The van der Waals surface area contributed by atoms with Crippen LogP contribution >= 0.6 is 0 Å². The van der Waals surface area contributed by atoms with Crippen LogP contribution in [0.4, 0.5) is 4.79 Å². The van der Waals surface area contributed by atoms with Crippen molar-refractivity contribution in [2.24, 2.45) is 0 Å². The highest BCUT2D eigenvalue weighted by Gasteiger charge is 2.35. The van der Waals surface area contributed by atoms with Crippen molar-refractivity contribution in [3.8, 4) is 0 Å². The second-order valence-electron chi connectivity index (χ2n) is 5.79. The highest BCUT2D eigenvalue weighted by Crippen LogP contribution is 2.20. The minimum absolute atomic E-state index is 0.0112. The fourth-order valence-corrected chi connectivity index (χ4v) is 2.07. The molecule has 7 heteroatoms. The number of hydrogen-bond donors (Lipinski definition) is 2. The molecule has 0 aliphatic carbocycles. The molecule has 0 saturated carbocycles. The van der Waals surface area contributed by atoms with Gasteiger partial charge in [-0.1, -0.05) is 0 Å². The second-order valence-corrected chi connectivity index (χ2v) is 5.79. The third-order valence-electron chi connectivity index (χ3n) is 2.87. The third-order valence-corrected chi connectivity index (χ3v) is 2.87. The molecular formula is C13H23N3O4. The minimum atomic E-state index is -0.553. The predicted molar refractivity (Wildman–Crippen MR) is 73.0 cm³/mol. The van der Waals surface area contributed by atoms with Gasteiger partial charge in [0.05, 0.1) is 6.54 Å². The number of amides is 3. The van der Waals surface area contributed by atoms with Gasteiger partial charge in [0.2, 0.25) is 5.91 Å². The van der Waals surface area contributed by atoms with E-state index in [9.17, 15) is 14.4 Å². The lowest BCUT2D eigenvalue weighted by molar-refractivity contribution is -0.160. The molecule has 0 bridgehead atoms. The van der Waals surface area contributed by atoms with E-state index in [1.54, 1.807) is 4.90 Å². The van der Waals surface area contributed by atoms with Gasteiger partial charge in [-0.2, -0.15) is 0 Å².